The normalized spacial score (nSPS) is 11.1. The van der Waals surface area contributed by atoms with Crippen LogP contribution in [0.1, 0.15) is 38.3 Å². The van der Waals surface area contributed by atoms with Crippen LogP contribution in [0.15, 0.2) is 54.6 Å². The Morgan fingerprint density at radius 3 is 2.37 bits per heavy atom. The lowest BCUT2D eigenvalue weighted by molar-refractivity contribution is -0.384. The van der Waals surface area contributed by atoms with Crippen molar-refractivity contribution in [1.82, 2.24) is 4.90 Å². The van der Waals surface area contributed by atoms with Crippen molar-refractivity contribution in [2.45, 2.75) is 45.8 Å². The van der Waals surface area contributed by atoms with Gasteiger partial charge in [0.15, 0.2) is 0 Å². The summed E-state index contributed by atoms with van der Waals surface area (Å²) in [5.41, 5.74) is 1.32. The maximum Gasteiger partial charge on any atom is 0.410 e. The highest BCUT2D eigenvalue weighted by atomic mass is 16.6. The molecule has 0 aliphatic heterocycles. The Morgan fingerprint density at radius 2 is 1.74 bits per heavy atom. The van der Waals surface area contributed by atoms with Crippen LogP contribution in [0.4, 0.5) is 10.5 Å². The second-order valence-electron chi connectivity index (χ2n) is 7.42. The summed E-state index contributed by atoms with van der Waals surface area (Å²) in [6.45, 7) is 6.24. The fourth-order valence-corrected chi connectivity index (χ4v) is 2.67. The summed E-state index contributed by atoms with van der Waals surface area (Å²) < 4.78 is 5.51. The van der Waals surface area contributed by atoms with E-state index in [1.807, 2.05) is 39.0 Å². The average molecular weight is 370 g/mol. The molecule has 2 aromatic rings. The van der Waals surface area contributed by atoms with Gasteiger partial charge in [-0.25, -0.2) is 4.79 Å². The Labute approximate surface area is 159 Å². The van der Waals surface area contributed by atoms with Crippen molar-refractivity contribution in [2.75, 3.05) is 6.54 Å². The number of nitro groups is 1. The summed E-state index contributed by atoms with van der Waals surface area (Å²) in [6, 6.07) is 16.4. The second-order valence-corrected chi connectivity index (χ2v) is 7.42. The van der Waals surface area contributed by atoms with Crippen molar-refractivity contribution in [2.24, 2.45) is 0 Å². The highest BCUT2D eigenvalue weighted by molar-refractivity contribution is 5.68. The van der Waals surface area contributed by atoms with E-state index in [2.05, 4.69) is 12.1 Å². The van der Waals surface area contributed by atoms with Crippen LogP contribution in [-0.2, 0) is 17.7 Å². The zero-order chi connectivity index (χ0) is 19.9. The van der Waals surface area contributed by atoms with Gasteiger partial charge in [0.05, 0.1) is 4.92 Å². The third kappa shape index (κ3) is 7.09. The molecular formula is C21H26N2O4. The standard InChI is InChI=1S/C21H26N2O4/c1-21(2,3)27-20(24)22(14-8-12-17-9-5-4-6-10-17)16-18-11-7-13-19(15-18)23(25)26/h4-7,9-11,13,15H,8,12,14,16H2,1-3H3. The van der Waals surface area contributed by atoms with Crippen LogP contribution >= 0.6 is 0 Å². The van der Waals surface area contributed by atoms with Gasteiger partial charge in [-0.3, -0.25) is 10.1 Å². The van der Waals surface area contributed by atoms with Gasteiger partial charge in [-0.1, -0.05) is 42.5 Å². The lowest BCUT2D eigenvalue weighted by atomic mass is 10.1. The Kier molecular flexibility index (Phi) is 6.93. The maximum atomic E-state index is 12.6. The van der Waals surface area contributed by atoms with E-state index in [1.54, 1.807) is 17.0 Å². The SMILES string of the molecule is CC(C)(C)OC(=O)N(CCCc1ccccc1)Cc1cccc([N+](=O)[O-])c1. The quantitative estimate of drug-likeness (QED) is 0.510. The highest BCUT2D eigenvalue weighted by Gasteiger charge is 2.22. The molecule has 1 amide bonds. The first-order valence-electron chi connectivity index (χ1n) is 9.00. The maximum absolute atomic E-state index is 12.6. The molecule has 0 aromatic heterocycles. The highest BCUT2D eigenvalue weighted by Crippen LogP contribution is 2.17. The molecule has 0 radical (unpaired) electrons. The van der Waals surface area contributed by atoms with Crippen molar-refractivity contribution < 1.29 is 14.5 Å². The summed E-state index contributed by atoms with van der Waals surface area (Å²) in [5, 5.41) is 11.0. The molecule has 0 fully saturated rings. The number of nitro benzene ring substituents is 1. The van der Waals surface area contributed by atoms with E-state index in [0.29, 0.717) is 12.1 Å². The zero-order valence-corrected chi connectivity index (χ0v) is 16.1. The van der Waals surface area contributed by atoms with Crippen molar-refractivity contribution >= 4 is 11.8 Å². The van der Waals surface area contributed by atoms with E-state index in [4.69, 9.17) is 4.74 Å². The molecule has 0 bridgehead atoms. The van der Waals surface area contributed by atoms with E-state index in [0.717, 1.165) is 12.8 Å². The molecule has 27 heavy (non-hydrogen) atoms. The fraction of sp³-hybridized carbons (Fsp3) is 0.381. The molecule has 0 heterocycles. The number of ether oxygens (including phenoxy) is 1. The van der Waals surface area contributed by atoms with Gasteiger partial charge in [0, 0.05) is 25.2 Å². The van der Waals surface area contributed by atoms with E-state index in [-0.39, 0.29) is 12.2 Å². The number of benzene rings is 2. The summed E-state index contributed by atoms with van der Waals surface area (Å²) in [7, 11) is 0. The van der Waals surface area contributed by atoms with Crippen LogP contribution in [-0.4, -0.2) is 28.1 Å². The molecule has 144 valence electrons. The van der Waals surface area contributed by atoms with E-state index in [1.165, 1.54) is 17.7 Å². The first-order chi connectivity index (χ1) is 12.7. The smallest absolute Gasteiger partial charge is 0.410 e. The Balaban J connectivity index is 2.07. The van der Waals surface area contributed by atoms with Gasteiger partial charge in [0.1, 0.15) is 5.60 Å². The van der Waals surface area contributed by atoms with Gasteiger partial charge >= 0.3 is 6.09 Å². The summed E-state index contributed by atoms with van der Waals surface area (Å²) in [5.74, 6) is 0. The summed E-state index contributed by atoms with van der Waals surface area (Å²) in [6.07, 6.45) is 1.20. The first-order valence-corrected chi connectivity index (χ1v) is 9.00. The van der Waals surface area contributed by atoms with Crippen LogP contribution < -0.4 is 0 Å². The molecule has 6 heteroatoms. The monoisotopic (exact) mass is 370 g/mol. The van der Waals surface area contributed by atoms with Gasteiger partial charge in [-0.05, 0) is 44.7 Å². The van der Waals surface area contributed by atoms with Gasteiger partial charge in [0.25, 0.3) is 5.69 Å². The predicted molar refractivity (Wildman–Crippen MR) is 105 cm³/mol. The number of nitrogens with zero attached hydrogens (tertiary/aromatic N) is 2. The van der Waals surface area contributed by atoms with Crippen molar-refractivity contribution in [3.63, 3.8) is 0 Å². The Hall–Kier alpha value is -2.89. The Bertz CT molecular complexity index is 769. The van der Waals surface area contributed by atoms with Gasteiger partial charge in [-0.2, -0.15) is 0 Å². The lowest BCUT2D eigenvalue weighted by Crippen LogP contribution is -2.37. The zero-order valence-electron chi connectivity index (χ0n) is 16.1. The van der Waals surface area contributed by atoms with Crippen molar-refractivity contribution in [3.05, 3.63) is 75.8 Å². The molecule has 0 aliphatic carbocycles. The first kappa shape index (κ1) is 20.4. The third-order valence-electron chi connectivity index (χ3n) is 3.88. The molecule has 0 saturated heterocycles. The second kappa shape index (κ2) is 9.16. The van der Waals surface area contributed by atoms with Crippen LogP contribution in [0.25, 0.3) is 0 Å². The minimum absolute atomic E-state index is 0.0147. The van der Waals surface area contributed by atoms with Crippen LogP contribution in [0, 0.1) is 10.1 Å². The number of carbonyl (C=O) groups excluding carboxylic acids is 1. The average Bonchev–Trinajstić information content (AvgIpc) is 2.60. The number of amides is 1. The summed E-state index contributed by atoms with van der Waals surface area (Å²) in [4.78, 5) is 24.8. The fourth-order valence-electron chi connectivity index (χ4n) is 2.67. The molecule has 0 unspecified atom stereocenters. The Morgan fingerprint density at radius 1 is 1.07 bits per heavy atom. The minimum atomic E-state index is -0.600. The van der Waals surface area contributed by atoms with Crippen LogP contribution in [0.3, 0.4) is 0 Å². The minimum Gasteiger partial charge on any atom is -0.444 e. The van der Waals surface area contributed by atoms with E-state index < -0.39 is 16.6 Å². The van der Waals surface area contributed by atoms with Gasteiger partial charge in [-0.15, -0.1) is 0 Å². The van der Waals surface area contributed by atoms with Gasteiger partial charge in [0.2, 0.25) is 0 Å². The molecule has 0 N–H and O–H groups in total. The molecular weight excluding hydrogens is 344 g/mol. The number of hydrogen-bond donors (Lipinski definition) is 0. The summed E-state index contributed by atoms with van der Waals surface area (Å²) >= 11 is 0. The van der Waals surface area contributed by atoms with Crippen molar-refractivity contribution in [1.29, 1.82) is 0 Å². The van der Waals surface area contributed by atoms with E-state index in [9.17, 15) is 14.9 Å². The molecule has 0 spiro atoms. The predicted octanol–water partition coefficient (Wildman–Crippen LogP) is 4.96. The number of hydrogen-bond acceptors (Lipinski definition) is 4. The number of rotatable bonds is 7. The van der Waals surface area contributed by atoms with Crippen molar-refractivity contribution in [3.8, 4) is 0 Å². The largest absolute Gasteiger partial charge is 0.444 e. The molecule has 6 nitrogen and oxygen atoms in total. The molecule has 0 aliphatic rings. The third-order valence-corrected chi connectivity index (χ3v) is 3.88. The molecule has 0 atom stereocenters. The van der Waals surface area contributed by atoms with Gasteiger partial charge < -0.3 is 9.64 Å². The number of carbonyl (C=O) groups is 1. The molecule has 2 aromatic carbocycles. The number of non-ortho nitro benzene ring substituents is 1. The van der Waals surface area contributed by atoms with E-state index >= 15 is 0 Å². The van der Waals surface area contributed by atoms with Crippen LogP contribution in [0.2, 0.25) is 0 Å². The molecule has 0 saturated carbocycles. The topological polar surface area (TPSA) is 72.7 Å². The van der Waals surface area contributed by atoms with Crippen LogP contribution in [0.5, 0.6) is 0 Å². The molecule has 2 rings (SSSR count). The lowest BCUT2D eigenvalue weighted by Gasteiger charge is -2.27. The number of aryl methyl sites for hydroxylation is 1.